The van der Waals surface area contributed by atoms with Gasteiger partial charge in [-0.15, -0.1) is 11.3 Å². The molecule has 0 spiro atoms. The Balaban J connectivity index is 2.26. The van der Waals surface area contributed by atoms with E-state index in [1.165, 1.54) is 18.2 Å². The zero-order valence-corrected chi connectivity index (χ0v) is 17.5. The maximum Gasteiger partial charge on any atom is 0.216 e. The quantitative estimate of drug-likeness (QED) is 0.673. The molecule has 5 nitrogen and oxygen atoms in total. The summed E-state index contributed by atoms with van der Waals surface area (Å²) in [5.41, 5.74) is 1.95. The lowest BCUT2D eigenvalue weighted by Crippen LogP contribution is -2.05. The molecule has 0 atom stereocenters. The van der Waals surface area contributed by atoms with Gasteiger partial charge in [0, 0.05) is 18.9 Å². The van der Waals surface area contributed by atoms with Crippen molar-refractivity contribution >= 4 is 36.0 Å². The maximum absolute atomic E-state index is 13.0. The van der Waals surface area contributed by atoms with E-state index in [1.54, 1.807) is 31.3 Å². The van der Waals surface area contributed by atoms with Gasteiger partial charge in [-0.25, -0.2) is 16.8 Å². The van der Waals surface area contributed by atoms with Gasteiger partial charge in [0.1, 0.15) is 4.21 Å². The number of hydrogen-bond acceptors (Lipinski definition) is 6. The molecule has 0 unspecified atom stereocenters. The van der Waals surface area contributed by atoms with Crippen LogP contribution in [-0.4, -0.2) is 30.1 Å². The lowest BCUT2D eigenvalue weighted by atomic mass is 10.0. The first kappa shape index (κ1) is 19.6. The van der Waals surface area contributed by atoms with Crippen molar-refractivity contribution in [3.63, 3.8) is 0 Å². The first-order valence-electron chi connectivity index (χ1n) is 8.07. The van der Waals surface area contributed by atoms with Gasteiger partial charge >= 0.3 is 0 Å². The Hall–Kier alpha value is -2.16. The second kappa shape index (κ2) is 7.10. The molecule has 0 bridgehead atoms. The number of thiophene rings is 1. The minimum Gasteiger partial charge on any atom is -0.380 e. The van der Waals surface area contributed by atoms with E-state index >= 15 is 0 Å². The van der Waals surface area contributed by atoms with E-state index < -0.39 is 19.7 Å². The first-order chi connectivity index (χ1) is 12.6. The van der Waals surface area contributed by atoms with E-state index in [1.807, 2.05) is 19.1 Å². The second-order valence-electron chi connectivity index (χ2n) is 6.12. The van der Waals surface area contributed by atoms with Crippen LogP contribution < -0.4 is 5.32 Å². The van der Waals surface area contributed by atoms with Gasteiger partial charge in [0.15, 0.2) is 9.84 Å². The molecular weight excluding hydrogens is 402 g/mol. The predicted octanol–water partition coefficient (Wildman–Crippen LogP) is 4.00. The Kier molecular flexibility index (Phi) is 5.16. The van der Waals surface area contributed by atoms with Crippen molar-refractivity contribution in [3.05, 3.63) is 60.2 Å². The van der Waals surface area contributed by atoms with E-state index in [0.717, 1.165) is 28.2 Å². The first-order valence-corrected chi connectivity index (χ1v) is 12.3. The molecule has 0 amide bonds. The molecule has 0 fully saturated rings. The summed E-state index contributed by atoms with van der Waals surface area (Å²) < 4.78 is 50.8. The van der Waals surface area contributed by atoms with Crippen molar-refractivity contribution in [2.24, 2.45) is 0 Å². The van der Waals surface area contributed by atoms with E-state index in [2.05, 4.69) is 5.32 Å². The average Bonchev–Trinajstić information content (AvgIpc) is 3.11. The van der Waals surface area contributed by atoms with Crippen LogP contribution in [0.25, 0.3) is 11.1 Å². The molecule has 0 saturated heterocycles. The van der Waals surface area contributed by atoms with Crippen LogP contribution in [0.1, 0.15) is 5.56 Å². The summed E-state index contributed by atoms with van der Waals surface area (Å²) in [7, 11) is -5.56. The maximum atomic E-state index is 13.0. The monoisotopic (exact) mass is 421 g/mol. The van der Waals surface area contributed by atoms with E-state index in [4.69, 9.17) is 0 Å². The molecule has 0 aliphatic carbocycles. The highest BCUT2D eigenvalue weighted by atomic mass is 32.2. The van der Waals surface area contributed by atoms with Crippen LogP contribution in [0.2, 0.25) is 0 Å². The molecule has 0 saturated carbocycles. The fourth-order valence-electron chi connectivity index (χ4n) is 2.80. The third-order valence-electron chi connectivity index (χ3n) is 4.19. The Morgan fingerprint density at radius 1 is 0.889 bits per heavy atom. The van der Waals surface area contributed by atoms with Crippen molar-refractivity contribution in [3.8, 4) is 11.1 Å². The zero-order chi connectivity index (χ0) is 19.8. The normalized spacial score (nSPS) is 12.1. The van der Waals surface area contributed by atoms with E-state index in [0.29, 0.717) is 11.1 Å². The van der Waals surface area contributed by atoms with Gasteiger partial charge < -0.3 is 5.32 Å². The van der Waals surface area contributed by atoms with Gasteiger partial charge in [-0.1, -0.05) is 24.3 Å². The van der Waals surface area contributed by atoms with Crippen LogP contribution in [0, 0.1) is 6.92 Å². The molecular formula is C19H19NO4S3. The summed E-state index contributed by atoms with van der Waals surface area (Å²) in [5, 5.41) is 3.66. The van der Waals surface area contributed by atoms with Crippen molar-refractivity contribution in [2.75, 3.05) is 18.6 Å². The highest BCUT2D eigenvalue weighted by Gasteiger charge is 2.24. The number of aryl methyl sites for hydroxylation is 1. The fourth-order valence-corrected chi connectivity index (χ4v) is 6.27. The Morgan fingerprint density at radius 2 is 1.59 bits per heavy atom. The van der Waals surface area contributed by atoms with Gasteiger partial charge in [0.2, 0.25) is 9.84 Å². The van der Waals surface area contributed by atoms with Crippen molar-refractivity contribution in [2.45, 2.75) is 20.9 Å². The number of sulfone groups is 2. The number of rotatable bonds is 5. The van der Waals surface area contributed by atoms with Crippen molar-refractivity contribution < 1.29 is 16.8 Å². The molecule has 142 valence electrons. The third-order valence-corrected chi connectivity index (χ3v) is 8.69. The fraction of sp³-hybridized carbons (Fsp3) is 0.158. The highest BCUT2D eigenvalue weighted by Crippen LogP contribution is 2.35. The number of benzene rings is 2. The minimum absolute atomic E-state index is 0.0673. The highest BCUT2D eigenvalue weighted by molar-refractivity contribution is 7.93. The number of nitrogens with one attached hydrogen (secondary N) is 1. The lowest BCUT2D eigenvalue weighted by molar-refractivity contribution is 0.596. The van der Waals surface area contributed by atoms with Crippen molar-refractivity contribution in [1.29, 1.82) is 0 Å². The van der Waals surface area contributed by atoms with Gasteiger partial charge in [-0.05, 0) is 48.4 Å². The summed E-state index contributed by atoms with van der Waals surface area (Å²) in [6.45, 7) is 1.86. The van der Waals surface area contributed by atoms with Crippen LogP contribution in [0.15, 0.2) is 68.6 Å². The minimum atomic E-state index is -3.75. The number of hydrogen-bond donors (Lipinski definition) is 1. The second-order valence-corrected chi connectivity index (χ2v) is 11.4. The van der Waals surface area contributed by atoms with Gasteiger partial charge in [0.05, 0.1) is 14.8 Å². The summed E-state index contributed by atoms with van der Waals surface area (Å²) in [4.78, 5) is 0.176. The van der Waals surface area contributed by atoms with Crippen LogP contribution in [0.5, 0.6) is 0 Å². The van der Waals surface area contributed by atoms with Crippen molar-refractivity contribution in [1.82, 2.24) is 0 Å². The number of anilines is 1. The van der Waals surface area contributed by atoms with E-state index in [-0.39, 0.29) is 14.0 Å². The van der Waals surface area contributed by atoms with Crippen LogP contribution in [0.4, 0.5) is 5.00 Å². The Bertz CT molecular complexity index is 1210. The molecule has 1 aromatic heterocycles. The summed E-state index contributed by atoms with van der Waals surface area (Å²) >= 11 is 1.13. The standard InChI is InChI=1S/C19H19NO4S3/c1-13-6-4-5-7-15(13)16-12-14(8-9-17(16)26(3,21)22)27(23,24)19-11-10-18(20-2)25-19/h4-12,20H,1-3H3. The molecule has 0 aliphatic rings. The van der Waals surface area contributed by atoms with E-state index in [9.17, 15) is 16.8 Å². The summed E-state index contributed by atoms with van der Waals surface area (Å²) in [6, 6.07) is 14.7. The SMILES string of the molecule is CNc1ccc(S(=O)(=O)c2ccc(S(C)(=O)=O)c(-c3ccccc3C)c2)s1. The largest absolute Gasteiger partial charge is 0.380 e. The lowest BCUT2D eigenvalue weighted by Gasteiger charge is -2.13. The Morgan fingerprint density at radius 3 is 2.19 bits per heavy atom. The molecule has 1 N–H and O–H groups in total. The predicted molar refractivity (Wildman–Crippen MR) is 109 cm³/mol. The molecule has 1 heterocycles. The summed E-state index contributed by atoms with van der Waals surface area (Å²) in [6.07, 6.45) is 1.12. The molecule has 0 aliphatic heterocycles. The van der Waals surface area contributed by atoms with Gasteiger partial charge in [0.25, 0.3) is 0 Å². The smallest absolute Gasteiger partial charge is 0.216 e. The van der Waals surface area contributed by atoms with Gasteiger partial charge in [-0.2, -0.15) is 0 Å². The molecule has 3 rings (SSSR count). The van der Waals surface area contributed by atoms with Crippen LogP contribution >= 0.6 is 11.3 Å². The molecule has 3 aromatic rings. The topological polar surface area (TPSA) is 80.3 Å². The molecule has 2 aromatic carbocycles. The zero-order valence-electron chi connectivity index (χ0n) is 15.1. The van der Waals surface area contributed by atoms with Crippen LogP contribution in [-0.2, 0) is 19.7 Å². The summed E-state index contributed by atoms with van der Waals surface area (Å²) in [5.74, 6) is 0. The molecule has 0 radical (unpaired) electrons. The molecule has 27 heavy (non-hydrogen) atoms. The third kappa shape index (κ3) is 3.78. The average molecular weight is 422 g/mol. The van der Waals surface area contributed by atoms with Gasteiger partial charge in [-0.3, -0.25) is 0 Å². The molecule has 8 heteroatoms. The Labute approximate surface area is 163 Å². The van der Waals surface area contributed by atoms with Crippen LogP contribution in [0.3, 0.4) is 0 Å².